The summed E-state index contributed by atoms with van der Waals surface area (Å²) in [6, 6.07) is 19.1. The molecule has 0 spiro atoms. The van der Waals surface area contributed by atoms with E-state index in [0.29, 0.717) is 28.8 Å². The number of nitrogens with zero attached hydrogens (tertiary/aromatic N) is 2. The number of carboxylic acid groups (broad SMARTS) is 1. The van der Waals surface area contributed by atoms with Gasteiger partial charge in [0.15, 0.2) is 0 Å². The molecule has 1 aromatic heterocycles. The van der Waals surface area contributed by atoms with Gasteiger partial charge in [0.2, 0.25) is 0 Å². The first-order chi connectivity index (χ1) is 18.4. The molecule has 4 aromatic rings. The summed E-state index contributed by atoms with van der Waals surface area (Å²) in [7, 11) is 1.65. The minimum absolute atomic E-state index is 0.0922. The minimum atomic E-state index is -0.821. The molecule has 1 heterocycles. The van der Waals surface area contributed by atoms with Gasteiger partial charge in [0, 0.05) is 35.3 Å². The molecule has 0 bridgehead atoms. The van der Waals surface area contributed by atoms with Crippen LogP contribution in [-0.4, -0.2) is 34.3 Å². The first-order valence-electron chi connectivity index (χ1n) is 12.2. The van der Waals surface area contributed by atoms with Gasteiger partial charge in [0.1, 0.15) is 17.3 Å². The summed E-state index contributed by atoms with van der Waals surface area (Å²) < 4.78 is 13.3. The molecule has 3 aromatic carbocycles. The van der Waals surface area contributed by atoms with Crippen LogP contribution in [0.3, 0.4) is 0 Å². The lowest BCUT2D eigenvalue weighted by Crippen LogP contribution is -2.01. The summed E-state index contributed by atoms with van der Waals surface area (Å²) in [6.45, 7) is 3.18. The van der Waals surface area contributed by atoms with Crippen LogP contribution in [0.4, 0.5) is 0 Å². The van der Waals surface area contributed by atoms with Gasteiger partial charge < -0.3 is 19.1 Å². The van der Waals surface area contributed by atoms with E-state index in [4.69, 9.17) is 42.8 Å². The highest BCUT2D eigenvalue weighted by molar-refractivity contribution is 6.36. The Morgan fingerprint density at radius 3 is 2.47 bits per heavy atom. The highest BCUT2D eigenvalue weighted by atomic mass is 35.5. The van der Waals surface area contributed by atoms with Gasteiger partial charge in [-0.15, -0.1) is 0 Å². The first kappa shape index (κ1) is 27.3. The molecule has 0 atom stereocenters. The zero-order valence-electron chi connectivity index (χ0n) is 21.2. The SMILES string of the molecule is CCn1cc(-c2ccc(Cl)cc2Cl)nc1/C=C/c1cc(-c2ccc(OCCCC(=O)O)cc2)ccc1OC. The molecular weight excluding hydrogens is 523 g/mol. The number of aliphatic carboxylic acids is 1. The highest BCUT2D eigenvalue weighted by Crippen LogP contribution is 2.32. The molecule has 0 unspecified atom stereocenters. The van der Waals surface area contributed by atoms with Crippen molar-refractivity contribution in [2.45, 2.75) is 26.3 Å². The normalized spacial score (nSPS) is 11.2. The van der Waals surface area contributed by atoms with Crippen LogP contribution in [0, 0.1) is 0 Å². The van der Waals surface area contributed by atoms with E-state index >= 15 is 0 Å². The lowest BCUT2D eigenvalue weighted by atomic mass is 10.0. The molecule has 196 valence electrons. The van der Waals surface area contributed by atoms with E-state index in [1.807, 2.05) is 60.8 Å². The number of methoxy groups -OCH3 is 1. The summed E-state index contributed by atoms with van der Waals surface area (Å²) in [5.41, 5.74) is 4.56. The van der Waals surface area contributed by atoms with Crippen LogP contribution in [0.25, 0.3) is 34.5 Å². The average Bonchev–Trinajstić information content (AvgIpc) is 3.33. The zero-order chi connectivity index (χ0) is 27.1. The van der Waals surface area contributed by atoms with Crippen molar-refractivity contribution in [1.82, 2.24) is 9.55 Å². The Labute approximate surface area is 232 Å². The molecule has 0 radical (unpaired) electrons. The molecule has 0 saturated heterocycles. The topological polar surface area (TPSA) is 73.6 Å². The number of benzene rings is 3. The summed E-state index contributed by atoms with van der Waals surface area (Å²) in [6.07, 6.45) is 6.49. The third-order valence-electron chi connectivity index (χ3n) is 5.99. The van der Waals surface area contributed by atoms with E-state index in [-0.39, 0.29) is 6.42 Å². The maximum Gasteiger partial charge on any atom is 0.303 e. The number of aryl methyl sites for hydroxylation is 1. The first-order valence-corrected chi connectivity index (χ1v) is 13.0. The van der Waals surface area contributed by atoms with Crippen molar-refractivity contribution in [2.24, 2.45) is 0 Å². The monoisotopic (exact) mass is 550 g/mol. The Hall–Kier alpha value is -3.74. The molecular formula is C30H28Cl2N2O4. The number of imidazole rings is 1. The largest absolute Gasteiger partial charge is 0.496 e. The van der Waals surface area contributed by atoms with Crippen molar-refractivity contribution in [3.63, 3.8) is 0 Å². The van der Waals surface area contributed by atoms with Gasteiger partial charge in [-0.05, 0) is 79.1 Å². The smallest absolute Gasteiger partial charge is 0.303 e. The Bertz CT molecular complexity index is 1450. The van der Waals surface area contributed by atoms with Gasteiger partial charge in [-0.2, -0.15) is 0 Å². The number of rotatable bonds is 11. The second kappa shape index (κ2) is 12.7. The lowest BCUT2D eigenvalue weighted by Gasteiger charge is -2.10. The van der Waals surface area contributed by atoms with Crippen LogP contribution in [0.2, 0.25) is 10.0 Å². The fraction of sp³-hybridized carbons (Fsp3) is 0.200. The molecule has 6 nitrogen and oxygen atoms in total. The Balaban J connectivity index is 1.55. The predicted molar refractivity (Wildman–Crippen MR) is 153 cm³/mol. The van der Waals surface area contributed by atoms with Crippen LogP contribution in [-0.2, 0) is 11.3 Å². The third-order valence-corrected chi connectivity index (χ3v) is 6.54. The van der Waals surface area contributed by atoms with Crippen LogP contribution in [0.5, 0.6) is 11.5 Å². The maximum absolute atomic E-state index is 10.6. The Kier molecular flexibility index (Phi) is 9.10. The molecule has 1 N–H and O–H groups in total. The molecule has 0 fully saturated rings. The summed E-state index contributed by atoms with van der Waals surface area (Å²) in [5, 5.41) is 9.88. The van der Waals surface area contributed by atoms with Crippen molar-refractivity contribution in [3.05, 3.63) is 88.3 Å². The van der Waals surface area contributed by atoms with Crippen LogP contribution in [0.15, 0.2) is 66.9 Å². The molecule has 0 saturated carbocycles. The second-order valence-corrected chi connectivity index (χ2v) is 9.40. The summed E-state index contributed by atoms with van der Waals surface area (Å²) in [5.74, 6) is 1.43. The van der Waals surface area contributed by atoms with Crippen molar-refractivity contribution in [3.8, 4) is 33.9 Å². The van der Waals surface area contributed by atoms with Crippen LogP contribution < -0.4 is 9.47 Å². The van der Waals surface area contributed by atoms with E-state index in [0.717, 1.165) is 46.1 Å². The molecule has 0 aliphatic carbocycles. The number of aromatic nitrogens is 2. The molecule has 8 heteroatoms. The fourth-order valence-electron chi connectivity index (χ4n) is 4.01. The molecule has 4 rings (SSSR count). The number of carboxylic acids is 1. The van der Waals surface area contributed by atoms with Gasteiger partial charge in [0.05, 0.1) is 24.4 Å². The zero-order valence-corrected chi connectivity index (χ0v) is 22.7. The number of ether oxygens (including phenoxy) is 2. The van der Waals surface area contributed by atoms with Crippen molar-refractivity contribution >= 4 is 41.3 Å². The number of halogens is 2. The predicted octanol–water partition coefficient (Wildman–Crippen LogP) is 7.97. The number of carbonyl (C=O) groups is 1. The lowest BCUT2D eigenvalue weighted by molar-refractivity contribution is -0.137. The van der Waals surface area contributed by atoms with Crippen molar-refractivity contribution in [1.29, 1.82) is 0 Å². The Morgan fingerprint density at radius 2 is 1.79 bits per heavy atom. The van der Waals surface area contributed by atoms with E-state index in [1.54, 1.807) is 19.2 Å². The van der Waals surface area contributed by atoms with Gasteiger partial charge in [-0.25, -0.2) is 4.98 Å². The molecule has 0 aliphatic heterocycles. The second-order valence-electron chi connectivity index (χ2n) is 8.55. The molecule has 0 aliphatic rings. The maximum atomic E-state index is 10.6. The average molecular weight is 551 g/mol. The third kappa shape index (κ3) is 6.77. The van der Waals surface area contributed by atoms with E-state index in [1.165, 1.54) is 0 Å². The van der Waals surface area contributed by atoms with Gasteiger partial charge in [0.25, 0.3) is 0 Å². The molecule has 0 amide bonds. The van der Waals surface area contributed by atoms with E-state index in [2.05, 4.69) is 17.6 Å². The number of hydrogen-bond donors (Lipinski definition) is 1. The molecule has 38 heavy (non-hydrogen) atoms. The van der Waals surface area contributed by atoms with Crippen LogP contribution in [0.1, 0.15) is 31.2 Å². The number of hydrogen-bond acceptors (Lipinski definition) is 4. The van der Waals surface area contributed by atoms with Gasteiger partial charge in [-0.3, -0.25) is 4.79 Å². The van der Waals surface area contributed by atoms with E-state index < -0.39 is 5.97 Å². The minimum Gasteiger partial charge on any atom is -0.496 e. The van der Waals surface area contributed by atoms with Crippen molar-refractivity contribution < 1.29 is 19.4 Å². The standard InChI is InChI=1S/C30H28Cl2N2O4/c1-3-34-19-27(25-13-10-23(31)18-26(25)32)33-29(34)15-9-22-17-21(8-14-28(22)37-2)20-6-11-24(12-7-20)38-16-4-5-30(35)36/h6-15,17-19H,3-5,16H2,1-2H3,(H,35,36)/b15-9+. The van der Waals surface area contributed by atoms with Crippen LogP contribution >= 0.6 is 23.2 Å². The van der Waals surface area contributed by atoms with Gasteiger partial charge in [-0.1, -0.05) is 41.4 Å². The Morgan fingerprint density at radius 1 is 1.03 bits per heavy atom. The highest BCUT2D eigenvalue weighted by Gasteiger charge is 2.11. The van der Waals surface area contributed by atoms with E-state index in [9.17, 15) is 4.79 Å². The van der Waals surface area contributed by atoms with Gasteiger partial charge >= 0.3 is 5.97 Å². The van der Waals surface area contributed by atoms with Crippen molar-refractivity contribution in [2.75, 3.05) is 13.7 Å². The summed E-state index contributed by atoms with van der Waals surface area (Å²) in [4.78, 5) is 15.4. The summed E-state index contributed by atoms with van der Waals surface area (Å²) >= 11 is 12.5. The fourth-order valence-corrected chi connectivity index (χ4v) is 4.51. The quantitative estimate of drug-likeness (QED) is 0.192.